The topological polar surface area (TPSA) is 161 Å². The second-order valence-electron chi connectivity index (χ2n) is 1.94. The monoisotopic (exact) mass is 240 g/mol. The predicted molar refractivity (Wildman–Crippen MR) is 41.6 cm³/mol. The van der Waals surface area contributed by atoms with E-state index in [0.717, 1.165) is 0 Å². The van der Waals surface area contributed by atoms with Crippen LogP contribution in [0.25, 0.3) is 0 Å². The summed E-state index contributed by atoms with van der Waals surface area (Å²) in [5, 5.41) is 37.7. The summed E-state index contributed by atoms with van der Waals surface area (Å²) < 4.78 is 0. The van der Waals surface area contributed by atoms with Crippen LogP contribution in [0.4, 0.5) is 0 Å². The largest absolute Gasteiger partial charge is 4.00 e. The fourth-order valence-electron chi connectivity index (χ4n) is 0.272. The van der Waals surface area contributed by atoms with Gasteiger partial charge in [0.05, 0.1) is 23.9 Å². The molecule has 0 bridgehead atoms. The third-order valence-corrected chi connectivity index (χ3v) is 0.711. The molecule has 0 amide bonds. The second-order valence-corrected chi connectivity index (χ2v) is 1.94. The number of rotatable bonds is 4. The molecule has 0 aliphatic rings. The Morgan fingerprint density at radius 1 is 0.529 bits per heavy atom. The molecule has 0 aromatic carbocycles. The molecule has 0 radical (unpaired) electrons. The molecule has 0 aromatic rings. The van der Waals surface area contributed by atoms with Gasteiger partial charge in [-0.05, 0) is 24.3 Å². The van der Waals surface area contributed by atoms with E-state index in [4.69, 9.17) is 0 Å². The molecule has 0 rings (SSSR count). The van der Waals surface area contributed by atoms with Crippen molar-refractivity contribution in [3.8, 4) is 0 Å². The van der Waals surface area contributed by atoms with Gasteiger partial charge >= 0.3 is 7.43 Å². The first-order valence-corrected chi connectivity index (χ1v) is 3.45. The first-order chi connectivity index (χ1) is 7.25. The Balaban J connectivity index is -0.000000218. The summed E-state index contributed by atoms with van der Waals surface area (Å²) in [6, 6.07) is 0. The van der Waals surface area contributed by atoms with Crippen molar-refractivity contribution in [3.05, 3.63) is 31.7 Å². The molecule has 0 aliphatic carbocycles. The van der Waals surface area contributed by atoms with E-state index < -0.39 is 23.9 Å². The summed E-state index contributed by atoms with van der Waals surface area (Å²) in [5.74, 6) is -6.19. The molecule has 0 aliphatic heterocycles. The summed E-state index contributed by atoms with van der Waals surface area (Å²) in [4.78, 5) is 37.7. The number of carbonyl (C=O) groups is 4. The maximum atomic E-state index is 9.41. The van der Waals surface area contributed by atoms with Gasteiger partial charge in [0.1, 0.15) is 0 Å². The van der Waals surface area contributed by atoms with Gasteiger partial charge in [0.25, 0.3) is 0 Å². The minimum atomic E-state index is -1.55. The predicted octanol–water partition coefficient (Wildman–Crippen LogP) is -5.83. The van der Waals surface area contributed by atoms with Crippen LogP contribution >= 0.6 is 0 Å². The van der Waals surface area contributed by atoms with Crippen LogP contribution in [0, 0.1) is 7.43 Å². The molecular weight excluding hydrogens is 236 g/mol. The van der Waals surface area contributed by atoms with Gasteiger partial charge in [-0.2, -0.15) is 0 Å². The van der Waals surface area contributed by atoms with Crippen LogP contribution in [0.3, 0.4) is 0 Å². The molecule has 8 heteroatoms. The number of aliphatic carboxylic acids is 4. The maximum Gasteiger partial charge on any atom is 4.00 e. The molecule has 0 spiro atoms. The van der Waals surface area contributed by atoms with Crippen molar-refractivity contribution in [2.24, 2.45) is 0 Å². The Morgan fingerprint density at radius 3 is 0.706 bits per heavy atom. The average Bonchev–Trinajstić information content (AvgIpc) is 2.12. The first-order valence-electron chi connectivity index (χ1n) is 3.45. The third-order valence-electron chi connectivity index (χ3n) is 0.711. The van der Waals surface area contributed by atoms with Crippen LogP contribution in [0.5, 0.6) is 0 Å². The van der Waals surface area contributed by atoms with Gasteiger partial charge in [-0.25, -0.2) is 0 Å². The Kier molecular flexibility index (Phi) is 13.4. The van der Waals surface area contributed by atoms with E-state index in [1.54, 1.807) is 0 Å². The van der Waals surface area contributed by atoms with Gasteiger partial charge in [0.2, 0.25) is 0 Å². The van der Waals surface area contributed by atoms with E-state index in [1.807, 2.05) is 0 Å². The molecule has 88 valence electrons. The summed E-state index contributed by atoms with van der Waals surface area (Å²) in [7, 11) is 0. The van der Waals surface area contributed by atoms with Gasteiger partial charge in [0, 0.05) is 0 Å². The Hall–Kier alpha value is -2.64. The second kappa shape index (κ2) is 11.4. The number of carboxylic acid groups (broad SMARTS) is 4. The standard InChI is InChI=1S/2C4H4O4.C/c2*5-3(6)1-2-4(7)8;/h2*1-2H,(H,5,6)(H,7,8);/q;;+4/p-4. The average molecular weight is 240 g/mol. The number of hydrogen-bond donors (Lipinski definition) is 0. The van der Waals surface area contributed by atoms with Crippen molar-refractivity contribution in [2.45, 2.75) is 0 Å². The Morgan fingerprint density at radius 2 is 0.647 bits per heavy atom. The van der Waals surface area contributed by atoms with Gasteiger partial charge in [-0.1, -0.05) is 0 Å². The fourth-order valence-corrected chi connectivity index (χ4v) is 0.272. The van der Waals surface area contributed by atoms with E-state index in [1.165, 1.54) is 0 Å². The van der Waals surface area contributed by atoms with Gasteiger partial charge in [-0.15, -0.1) is 0 Å². The summed E-state index contributed by atoms with van der Waals surface area (Å²) >= 11 is 0. The molecule has 0 unspecified atom stereocenters. The third kappa shape index (κ3) is 31.8. The Labute approximate surface area is 96.1 Å². The molecule has 8 nitrogen and oxygen atoms in total. The zero-order valence-corrected chi connectivity index (χ0v) is 8.08. The van der Waals surface area contributed by atoms with E-state index >= 15 is 0 Å². The van der Waals surface area contributed by atoms with E-state index in [-0.39, 0.29) is 7.43 Å². The van der Waals surface area contributed by atoms with Crippen molar-refractivity contribution >= 4 is 23.9 Å². The van der Waals surface area contributed by atoms with Crippen molar-refractivity contribution in [1.29, 1.82) is 0 Å². The van der Waals surface area contributed by atoms with Crippen LogP contribution in [0.1, 0.15) is 0 Å². The first kappa shape index (κ1) is 19.9. The molecule has 0 aromatic heterocycles. The van der Waals surface area contributed by atoms with Gasteiger partial charge in [-0.3, -0.25) is 0 Å². The van der Waals surface area contributed by atoms with E-state index in [9.17, 15) is 39.6 Å². The molecule has 0 atom stereocenters. The van der Waals surface area contributed by atoms with Crippen LogP contribution in [0.15, 0.2) is 24.3 Å². The molecule has 0 saturated carbocycles. The van der Waals surface area contributed by atoms with Gasteiger partial charge in [0.15, 0.2) is 0 Å². The maximum absolute atomic E-state index is 9.41. The molecule has 0 heterocycles. The molecule has 0 saturated heterocycles. The number of hydrogen-bond acceptors (Lipinski definition) is 8. The SMILES string of the molecule is O=C([O-])C=CC(=O)[O-].O=C([O-])C=CC(=O)[O-].[C+4]. The molecular formula is C9H4O8. The smallest absolute Gasteiger partial charge is 0.545 e. The zero-order valence-electron chi connectivity index (χ0n) is 8.08. The number of carboxylic acids is 4. The molecule has 17 heavy (non-hydrogen) atoms. The van der Waals surface area contributed by atoms with E-state index in [0.29, 0.717) is 24.3 Å². The van der Waals surface area contributed by atoms with Crippen molar-refractivity contribution in [3.63, 3.8) is 0 Å². The fraction of sp³-hybridized carbons (Fsp3) is 0. The quantitative estimate of drug-likeness (QED) is 0.439. The van der Waals surface area contributed by atoms with Crippen LogP contribution < -0.4 is 20.4 Å². The minimum Gasteiger partial charge on any atom is -0.545 e. The summed E-state index contributed by atoms with van der Waals surface area (Å²) in [6.07, 6.45) is 1.54. The van der Waals surface area contributed by atoms with Gasteiger partial charge < -0.3 is 39.6 Å². The van der Waals surface area contributed by atoms with Crippen LogP contribution in [-0.2, 0) is 19.2 Å². The zero-order chi connectivity index (χ0) is 13.1. The van der Waals surface area contributed by atoms with Crippen LogP contribution in [-0.4, -0.2) is 23.9 Å². The Bertz CT molecular complexity index is 273. The molecule has 0 N–H and O–H groups in total. The number of carbonyl (C=O) groups excluding carboxylic acids is 4. The minimum absolute atomic E-state index is 0. The normalized spacial score (nSPS) is 8.94. The summed E-state index contributed by atoms with van der Waals surface area (Å²) in [5.41, 5.74) is 0. The van der Waals surface area contributed by atoms with Crippen molar-refractivity contribution < 1.29 is 39.6 Å². The van der Waals surface area contributed by atoms with Crippen molar-refractivity contribution in [2.75, 3.05) is 0 Å². The molecule has 0 fully saturated rings. The van der Waals surface area contributed by atoms with Crippen LogP contribution in [0.2, 0.25) is 0 Å². The van der Waals surface area contributed by atoms with Crippen molar-refractivity contribution in [1.82, 2.24) is 0 Å². The van der Waals surface area contributed by atoms with E-state index in [2.05, 4.69) is 0 Å². The summed E-state index contributed by atoms with van der Waals surface area (Å²) in [6.45, 7) is 0.